The second kappa shape index (κ2) is 6.77. The first-order valence-electron chi connectivity index (χ1n) is 8.04. The van der Waals surface area contributed by atoms with Gasteiger partial charge in [0.25, 0.3) is 15.9 Å². The number of aromatic amines is 1. The van der Waals surface area contributed by atoms with Crippen molar-refractivity contribution >= 4 is 27.3 Å². The third-order valence-corrected chi connectivity index (χ3v) is 6.04. The predicted octanol–water partition coefficient (Wildman–Crippen LogP) is 4.01. The molecule has 7 nitrogen and oxygen atoms in total. The van der Waals surface area contributed by atoms with Crippen molar-refractivity contribution in [2.24, 2.45) is 0 Å². The van der Waals surface area contributed by atoms with Gasteiger partial charge in [0.1, 0.15) is 4.90 Å². The van der Waals surface area contributed by atoms with Crippen LogP contribution in [0.25, 0.3) is 11.5 Å². The highest BCUT2D eigenvalue weighted by Crippen LogP contribution is 2.34. The molecule has 0 aliphatic rings. The lowest BCUT2D eigenvalue weighted by molar-refractivity contribution is 0.422. The van der Waals surface area contributed by atoms with Gasteiger partial charge < -0.3 is 9.51 Å². The lowest BCUT2D eigenvalue weighted by Gasteiger charge is -2.12. The number of rotatable bonds is 5. The fraction of sp³-hybridized carbons (Fsp3) is 0.294. The van der Waals surface area contributed by atoms with Gasteiger partial charge in [0.2, 0.25) is 0 Å². The summed E-state index contributed by atoms with van der Waals surface area (Å²) in [6.45, 7) is 7.10. The lowest BCUT2D eigenvalue weighted by atomic mass is 10.2. The number of hydrogen-bond acceptors (Lipinski definition) is 5. The van der Waals surface area contributed by atoms with Gasteiger partial charge >= 0.3 is 0 Å². The number of benzene rings is 1. The van der Waals surface area contributed by atoms with Crippen LogP contribution in [0.15, 0.2) is 27.6 Å². The Morgan fingerprint density at radius 3 is 2.62 bits per heavy atom. The molecule has 0 saturated heterocycles. The van der Waals surface area contributed by atoms with Crippen LogP contribution < -0.4 is 4.72 Å². The van der Waals surface area contributed by atoms with Crippen LogP contribution >= 0.6 is 11.6 Å². The maximum absolute atomic E-state index is 13.1. The highest BCUT2D eigenvalue weighted by molar-refractivity contribution is 7.93. The largest absolute Gasteiger partial charge is 0.361 e. The lowest BCUT2D eigenvalue weighted by Crippen LogP contribution is -2.15. The minimum absolute atomic E-state index is 0.0840. The minimum atomic E-state index is -3.91. The van der Waals surface area contributed by atoms with E-state index in [0.29, 0.717) is 45.5 Å². The first kappa shape index (κ1) is 18.5. The molecule has 2 N–H and O–H groups in total. The van der Waals surface area contributed by atoms with Crippen LogP contribution in [0.4, 0.5) is 5.69 Å². The van der Waals surface area contributed by atoms with Gasteiger partial charge in [0.15, 0.2) is 5.82 Å². The summed E-state index contributed by atoms with van der Waals surface area (Å²) < 4.78 is 34.1. The molecule has 9 heteroatoms. The van der Waals surface area contributed by atoms with Crippen molar-refractivity contribution in [1.82, 2.24) is 15.1 Å². The van der Waals surface area contributed by atoms with Crippen LogP contribution in [0.1, 0.15) is 29.7 Å². The number of anilines is 1. The molecule has 26 heavy (non-hydrogen) atoms. The molecule has 0 saturated carbocycles. The average Bonchev–Trinajstić information content (AvgIpc) is 3.15. The monoisotopic (exact) mass is 394 g/mol. The summed E-state index contributed by atoms with van der Waals surface area (Å²) >= 11 is 6.10. The van der Waals surface area contributed by atoms with E-state index >= 15 is 0 Å². The van der Waals surface area contributed by atoms with Crippen molar-refractivity contribution in [2.75, 3.05) is 4.72 Å². The smallest absolute Gasteiger partial charge is 0.264 e. The zero-order valence-corrected chi connectivity index (χ0v) is 16.4. The molecule has 0 unspecified atom stereocenters. The molecule has 1 aromatic carbocycles. The summed E-state index contributed by atoms with van der Waals surface area (Å²) in [4.78, 5) is 7.41. The number of aryl methyl sites for hydroxylation is 3. The number of H-pyrrole nitrogens is 1. The number of aromatic nitrogens is 3. The Bertz CT molecular complexity index is 1070. The summed E-state index contributed by atoms with van der Waals surface area (Å²) in [5, 5.41) is 4.34. The van der Waals surface area contributed by atoms with E-state index in [1.165, 1.54) is 0 Å². The topological polar surface area (TPSA) is 101 Å². The van der Waals surface area contributed by atoms with E-state index in [1.54, 1.807) is 39.0 Å². The highest BCUT2D eigenvalue weighted by atomic mass is 35.5. The van der Waals surface area contributed by atoms with Gasteiger partial charge in [-0.15, -0.1) is 0 Å². The van der Waals surface area contributed by atoms with Crippen LogP contribution in [-0.4, -0.2) is 23.5 Å². The normalized spacial score (nSPS) is 11.7. The number of hydrogen-bond donors (Lipinski definition) is 2. The van der Waals surface area contributed by atoms with Gasteiger partial charge in [-0.1, -0.05) is 29.7 Å². The summed E-state index contributed by atoms with van der Waals surface area (Å²) in [7, 11) is -3.91. The molecule has 3 rings (SSSR count). The van der Waals surface area contributed by atoms with Crippen molar-refractivity contribution in [3.8, 4) is 11.5 Å². The van der Waals surface area contributed by atoms with Crippen LogP contribution in [0.5, 0.6) is 0 Å². The maximum atomic E-state index is 13.1. The fourth-order valence-electron chi connectivity index (χ4n) is 2.76. The van der Waals surface area contributed by atoms with Crippen molar-refractivity contribution in [3.05, 3.63) is 46.0 Å². The van der Waals surface area contributed by atoms with E-state index in [4.69, 9.17) is 16.1 Å². The summed E-state index contributed by atoms with van der Waals surface area (Å²) in [6, 6.07) is 5.06. The summed E-state index contributed by atoms with van der Waals surface area (Å²) in [6.07, 6.45) is 0.591. The van der Waals surface area contributed by atoms with Crippen LogP contribution in [-0.2, 0) is 16.4 Å². The molecule has 138 valence electrons. The van der Waals surface area contributed by atoms with Crippen LogP contribution in [0.2, 0.25) is 5.02 Å². The third kappa shape index (κ3) is 3.22. The van der Waals surface area contributed by atoms with E-state index in [2.05, 4.69) is 19.8 Å². The SMILES string of the molecule is CCc1noc(-c2c(C)[nH]c(C)c2S(=O)(=O)Nc2cccc(Cl)c2C)n1. The Morgan fingerprint density at radius 2 is 1.96 bits per heavy atom. The zero-order chi connectivity index (χ0) is 19.1. The molecule has 0 aliphatic heterocycles. The van der Waals surface area contributed by atoms with Gasteiger partial charge in [-0.3, -0.25) is 4.72 Å². The average molecular weight is 395 g/mol. The number of sulfonamides is 1. The number of halogens is 1. The van der Waals surface area contributed by atoms with Crippen LogP contribution in [0.3, 0.4) is 0 Å². The van der Waals surface area contributed by atoms with E-state index in [0.717, 1.165) is 0 Å². The van der Waals surface area contributed by atoms with Crippen molar-refractivity contribution in [3.63, 3.8) is 0 Å². The summed E-state index contributed by atoms with van der Waals surface area (Å²) in [5.74, 6) is 0.687. The van der Waals surface area contributed by atoms with E-state index in [9.17, 15) is 8.42 Å². The number of nitrogens with zero attached hydrogens (tertiary/aromatic N) is 2. The summed E-state index contributed by atoms with van der Waals surface area (Å²) in [5.41, 5.74) is 2.57. The molecule has 0 atom stereocenters. The molecule has 0 aliphatic carbocycles. The Hall–Kier alpha value is -2.32. The second-order valence-electron chi connectivity index (χ2n) is 5.97. The molecule has 0 bridgehead atoms. The van der Waals surface area contributed by atoms with Gasteiger partial charge in [-0.2, -0.15) is 4.98 Å². The molecule has 0 fully saturated rings. The maximum Gasteiger partial charge on any atom is 0.264 e. The zero-order valence-electron chi connectivity index (χ0n) is 14.8. The molecular weight excluding hydrogens is 376 g/mol. The Labute approximate surface area is 156 Å². The second-order valence-corrected chi connectivity index (χ2v) is 7.99. The van der Waals surface area contributed by atoms with Gasteiger partial charge in [0.05, 0.1) is 11.3 Å². The molecule has 2 heterocycles. The minimum Gasteiger partial charge on any atom is -0.361 e. The molecular formula is C17H19ClN4O3S. The predicted molar refractivity (Wildman–Crippen MR) is 99.9 cm³/mol. The van der Waals surface area contributed by atoms with Crippen molar-refractivity contribution in [1.29, 1.82) is 0 Å². The van der Waals surface area contributed by atoms with E-state index < -0.39 is 10.0 Å². The third-order valence-electron chi connectivity index (χ3n) is 4.10. The number of nitrogens with one attached hydrogen (secondary N) is 2. The molecule has 3 aromatic rings. The van der Waals surface area contributed by atoms with Crippen molar-refractivity contribution < 1.29 is 12.9 Å². The van der Waals surface area contributed by atoms with Gasteiger partial charge in [0, 0.05) is 22.8 Å². The Morgan fingerprint density at radius 1 is 1.23 bits per heavy atom. The molecule has 0 amide bonds. The van der Waals surface area contributed by atoms with Crippen LogP contribution in [0, 0.1) is 20.8 Å². The first-order valence-corrected chi connectivity index (χ1v) is 9.90. The molecule has 2 aromatic heterocycles. The van der Waals surface area contributed by atoms with Gasteiger partial charge in [-0.05, 0) is 38.5 Å². The Balaban J connectivity index is 2.12. The van der Waals surface area contributed by atoms with E-state index in [1.807, 2.05) is 6.92 Å². The standard InChI is InChI=1S/C17H19ClN4O3S/c1-5-14-20-17(25-21-14)15-10(3)19-11(4)16(15)26(23,24)22-13-8-6-7-12(18)9(13)2/h6-8,19,22H,5H2,1-4H3. The van der Waals surface area contributed by atoms with Gasteiger partial charge in [-0.25, -0.2) is 8.42 Å². The Kier molecular flexibility index (Phi) is 4.81. The van der Waals surface area contributed by atoms with Crippen molar-refractivity contribution in [2.45, 2.75) is 39.0 Å². The first-order chi connectivity index (χ1) is 12.2. The quantitative estimate of drug-likeness (QED) is 0.680. The fourth-order valence-corrected chi connectivity index (χ4v) is 4.52. The van der Waals surface area contributed by atoms with E-state index in [-0.39, 0.29) is 10.8 Å². The highest BCUT2D eigenvalue weighted by Gasteiger charge is 2.29. The molecule has 0 spiro atoms. The molecule has 0 radical (unpaired) electrons.